The van der Waals surface area contributed by atoms with E-state index in [1.54, 1.807) is 0 Å². The third kappa shape index (κ3) is 1.72. The third-order valence-corrected chi connectivity index (χ3v) is 2.31. The van der Waals surface area contributed by atoms with Crippen LogP contribution < -0.4 is 0 Å². The first-order valence-electron chi connectivity index (χ1n) is 4.69. The number of hydrogen-bond acceptors (Lipinski definition) is 4. The molecule has 0 aromatic carbocycles. The van der Waals surface area contributed by atoms with Gasteiger partial charge in [-0.3, -0.25) is 0 Å². The van der Waals surface area contributed by atoms with Crippen LogP contribution in [0.25, 0.3) is 0 Å². The Morgan fingerprint density at radius 2 is 1.92 bits per heavy atom. The van der Waals surface area contributed by atoms with Crippen molar-refractivity contribution in [3.8, 4) is 0 Å². The van der Waals surface area contributed by atoms with Crippen LogP contribution in [0.2, 0.25) is 0 Å². The zero-order valence-corrected chi connectivity index (χ0v) is 8.28. The van der Waals surface area contributed by atoms with Gasteiger partial charge in [0.1, 0.15) is 0 Å². The van der Waals surface area contributed by atoms with Gasteiger partial charge in [-0.05, 0) is 20.8 Å². The standard InChI is InChI=1S/C9H16O4/c1-6-4-10-8(12-6)9(3)11-5-7(2)13-9/h6-8H,4-5H2,1-3H3/t6-,7-,8+,9+/m1/s1. The lowest BCUT2D eigenvalue weighted by Crippen LogP contribution is -2.41. The van der Waals surface area contributed by atoms with Crippen LogP contribution >= 0.6 is 0 Å². The van der Waals surface area contributed by atoms with Crippen molar-refractivity contribution in [1.29, 1.82) is 0 Å². The predicted molar refractivity (Wildman–Crippen MR) is 45.2 cm³/mol. The molecule has 0 amide bonds. The highest BCUT2D eigenvalue weighted by molar-refractivity contribution is 4.79. The van der Waals surface area contributed by atoms with Crippen molar-refractivity contribution in [2.45, 2.75) is 45.1 Å². The first kappa shape index (κ1) is 9.40. The molecule has 0 aliphatic carbocycles. The second-order valence-electron chi connectivity index (χ2n) is 3.87. The van der Waals surface area contributed by atoms with Crippen LogP contribution in [-0.2, 0) is 18.9 Å². The largest absolute Gasteiger partial charge is 0.345 e. The summed E-state index contributed by atoms with van der Waals surface area (Å²) in [6.07, 6.45) is -0.134. The smallest absolute Gasteiger partial charge is 0.218 e. The van der Waals surface area contributed by atoms with E-state index in [1.165, 1.54) is 0 Å². The highest BCUT2D eigenvalue weighted by atomic mass is 16.8. The zero-order chi connectivity index (χ0) is 9.47. The van der Waals surface area contributed by atoms with Gasteiger partial charge in [0.2, 0.25) is 12.1 Å². The van der Waals surface area contributed by atoms with E-state index in [-0.39, 0.29) is 18.5 Å². The monoisotopic (exact) mass is 188 g/mol. The van der Waals surface area contributed by atoms with Crippen LogP contribution in [-0.4, -0.2) is 37.5 Å². The molecule has 2 rings (SSSR count). The summed E-state index contributed by atoms with van der Waals surface area (Å²) in [5, 5.41) is 0. The van der Waals surface area contributed by atoms with E-state index in [2.05, 4.69) is 0 Å². The molecular weight excluding hydrogens is 172 g/mol. The molecule has 4 atom stereocenters. The van der Waals surface area contributed by atoms with Crippen molar-refractivity contribution in [3.05, 3.63) is 0 Å². The fourth-order valence-electron chi connectivity index (χ4n) is 1.66. The van der Waals surface area contributed by atoms with Crippen LogP contribution in [0.1, 0.15) is 20.8 Å². The van der Waals surface area contributed by atoms with Gasteiger partial charge >= 0.3 is 0 Å². The van der Waals surface area contributed by atoms with E-state index in [0.29, 0.717) is 13.2 Å². The molecule has 2 fully saturated rings. The normalized spacial score (nSPS) is 51.5. The highest BCUT2D eigenvalue weighted by Gasteiger charge is 2.47. The molecule has 4 nitrogen and oxygen atoms in total. The van der Waals surface area contributed by atoms with E-state index in [4.69, 9.17) is 18.9 Å². The lowest BCUT2D eigenvalue weighted by Gasteiger charge is -2.27. The first-order chi connectivity index (χ1) is 6.10. The second kappa shape index (κ2) is 3.20. The van der Waals surface area contributed by atoms with E-state index in [1.807, 2.05) is 20.8 Å². The zero-order valence-electron chi connectivity index (χ0n) is 8.28. The molecule has 0 spiro atoms. The Kier molecular flexibility index (Phi) is 2.32. The molecule has 13 heavy (non-hydrogen) atoms. The number of ether oxygens (including phenoxy) is 4. The molecule has 76 valence electrons. The van der Waals surface area contributed by atoms with Crippen molar-refractivity contribution < 1.29 is 18.9 Å². The van der Waals surface area contributed by atoms with Gasteiger partial charge in [-0.15, -0.1) is 0 Å². The van der Waals surface area contributed by atoms with Crippen molar-refractivity contribution in [3.63, 3.8) is 0 Å². The molecule has 2 aliphatic rings. The van der Waals surface area contributed by atoms with Crippen LogP contribution in [0.3, 0.4) is 0 Å². The van der Waals surface area contributed by atoms with Crippen LogP contribution in [0.4, 0.5) is 0 Å². The first-order valence-corrected chi connectivity index (χ1v) is 4.69. The van der Waals surface area contributed by atoms with Gasteiger partial charge in [-0.25, -0.2) is 0 Å². The highest BCUT2D eigenvalue weighted by Crippen LogP contribution is 2.32. The lowest BCUT2D eigenvalue weighted by atomic mass is 10.3. The molecule has 0 N–H and O–H groups in total. The summed E-state index contributed by atoms with van der Waals surface area (Å²) in [6.45, 7) is 7.03. The lowest BCUT2D eigenvalue weighted by molar-refractivity contribution is -0.278. The molecule has 0 saturated carbocycles. The second-order valence-corrected chi connectivity index (χ2v) is 3.87. The van der Waals surface area contributed by atoms with E-state index in [0.717, 1.165) is 0 Å². The van der Waals surface area contributed by atoms with E-state index >= 15 is 0 Å². The van der Waals surface area contributed by atoms with Gasteiger partial charge in [0.15, 0.2) is 0 Å². The summed E-state index contributed by atoms with van der Waals surface area (Å²) in [5.74, 6) is -0.718. The Bertz CT molecular complexity index is 196. The van der Waals surface area contributed by atoms with E-state index < -0.39 is 5.79 Å². The Hall–Kier alpha value is -0.160. The number of rotatable bonds is 1. The fourth-order valence-corrected chi connectivity index (χ4v) is 1.66. The fraction of sp³-hybridized carbons (Fsp3) is 1.00. The van der Waals surface area contributed by atoms with Crippen LogP contribution in [0.5, 0.6) is 0 Å². The summed E-state index contributed by atoms with van der Waals surface area (Å²) in [7, 11) is 0. The van der Waals surface area contributed by atoms with Gasteiger partial charge in [-0.2, -0.15) is 0 Å². The minimum absolute atomic E-state index is 0.119. The van der Waals surface area contributed by atoms with Crippen molar-refractivity contribution >= 4 is 0 Å². The summed E-state index contributed by atoms with van der Waals surface area (Å²) in [5.41, 5.74) is 0. The SMILES string of the molecule is C[C@@H]1CO[C@H]([C@@]2(C)OC[C@@H](C)O2)O1. The maximum absolute atomic E-state index is 5.61. The molecular formula is C9H16O4. The molecule has 2 heterocycles. The number of hydrogen-bond donors (Lipinski definition) is 0. The quantitative estimate of drug-likeness (QED) is 0.612. The van der Waals surface area contributed by atoms with E-state index in [9.17, 15) is 0 Å². The molecule has 0 bridgehead atoms. The molecule has 0 unspecified atom stereocenters. The predicted octanol–water partition coefficient (Wildman–Crippen LogP) is 0.899. The van der Waals surface area contributed by atoms with Crippen molar-refractivity contribution in [2.75, 3.05) is 13.2 Å². The van der Waals surface area contributed by atoms with Gasteiger partial charge in [0.05, 0.1) is 25.4 Å². The maximum Gasteiger partial charge on any atom is 0.218 e. The van der Waals surface area contributed by atoms with Gasteiger partial charge in [0.25, 0.3) is 0 Å². The summed E-state index contributed by atoms with van der Waals surface area (Å²) >= 11 is 0. The molecule has 4 heteroatoms. The Labute approximate surface area is 78.1 Å². The van der Waals surface area contributed by atoms with Gasteiger partial charge in [-0.1, -0.05) is 0 Å². The van der Waals surface area contributed by atoms with Crippen LogP contribution in [0.15, 0.2) is 0 Å². The molecule has 0 aromatic rings. The molecule has 2 aliphatic heterocycles. The summed E-state index contributed by atoms with van der Waals surface area (Å²) in [6, 6.07) is 0. The summed E-state index contributed by atoms with van der Waals surface area (Å²) < 4.78 is 22.1. The maximum atomic E-state index is 5.61. The Morgan fingerprint density at radius 3 is 2.38 bits per heavy atom. The molecule has 0 aromatic heterocycles. The molecule has 0 radical (unpaired) electrons. The summed E-state index contributed by atoms with van der Waals surface area (Å²) in [4.78, 5) is 0. The van der Waals surface area contributed by atoms with Gasteiger partial charge < -0.3 is 18.9 Å². The molecule has 2 saturated heterocycles. The Balaban J connectivity index is 1.99. The van der Waals surface area contributed by atoms with Gasteiger partial charge in [0, 0.05) is 0 Å². The van der Waals surface area contributed by atoms with Crippen molar-refractivity contribution in [2.24, 2.45) is 0 Å². The Morgan fingerprint density at radius 1 is 1.15 bits per heavy atom. The van der Waals surface area contributed by atoms with Crippen molar-refractivity contribution in [1.82, 2.24) is 0 Å². The topological polar surface area (TPSA) is 36.9 Å². The minimum Gasteiger partial charge on any atom is -0.345 e. The minimum atomic E-state index is -0.718. The average Bonchev–Trinajstić information content (AvgIpc) is 2.60. The third-order valence-electron chi connectivity index (χ3n) is 2.31. The average molecular weight is 188 g/mol. The van der Waals surface area contributed by atoms with Crippen LogP contribution in [0, 0.1) is 0 Å².